The number of amides is 2. The molecule has 0 aliphatic carbocycles. The maximum absolute atomic E-state index is 12.4. The Morgan fingerprint density at radius 3 is 2.64 bits per heavy atom. The molecule has 1 unspecified atom stereocenters. The van der Waals surface area contributed by atoms with Gasteiger partial charge in [-0.3, -0.25) is 14.6 Å². The van der Waals surface area contributed by atoms with E-state index in [0.717, 1.165) is 11.4 Å². The van der Waals surface area contributed by atoms with E-state index in [1.165, 1.54) is 36.0 Å². The van der Waals surface area contributed by atoms with Gasteiger partial charge in [-0.1, -0.05) is 23.9 Å². The van der Waals surface area contributed by atoms with Crippen molar-refractivity contribution in [1.82, 2.24) is 5.32 Å². The summed E-state index contributed by atoms with van der Waals surface area (Å²) in [5.41, 5.74) is 0.364. The van der Waals surface area contributed by atoms with E-state index >= 15 is 0 Å². The number of benzene rings is 1. The summed E-state index contributed by atoms with van der Waals surface area (Å²) in [7, 11) is 0. The van der Waals surface area contributed by atoms with Crippen molar-refractivity contribution in [3.63, 3.8) is 0 Å². The van der Waals surface area contributed by atoms with Crippen LogP contribution in [0.3, 0.4) is 0 Å². The number of amidine groups is 1. The van der Waals surface area contributed by atoms with Gasteiger partial charge in [0.2, 0.25) is 11.8 Å². The second-order valence-electron chi connectivity index (χ2n) is 4.83. The third kappa shape index (κ3) is 2.69. The maximum Gasteiger partial charge on any atom is 0.247 e. The van der Waals surface area contributed by atoms with E-state index in [-0.39, 0.29) is 23.8 Å². The molecule has 1 fully saturated rings. The van der Waals surface area contributed by atoms with E-state index in [1.54, 1.807) is 0 Å². The lowest BCUT2D eigenvalue weighted by molar-refractivity contribution is -0.255. The first-order chi connectivity index (χ1) is 10.6. The third-order valence-electron chi connectivity index (χ3n) is 3.36. The first-order valence-electron chi connectivity index (χ1n) is 6.69. The summed E-state index contributed by atoms with van der Waals surface area (Å²) >= 11 is 1.26. The molecule has 0 aromatic heterocycles. The molecule has 1 N–H and O–H groups in total. The van der Waals surface area contributed by atoms with E-state index < -0.39 is 11.2 Å². The molecule has 8 heteroatoms. The van der Waals surface area contributed by atoms with Crippen LogP contribution in [-0.2, 0) is 9.59 Å². The van der Waals surface area contributed by atoms with Gasteiger partial charge in [0, 0.05) is 13.0 Å². The Kier molecular flexibility index (Phi) is 3.84. The lowest BCUT2D eigenvalue weighted by atomic mass is 10.2. The van der Waals surface area contributed by atoms with Crippen molar-refractivity contribution in [3.05, 3.63) is 29.8 Å². The zero-order valence-electron chi connectivity index (χ0n) is 11.4. The zero-order chi connectivity index (χ0) is 15.7. The number of hydrogen-bond donors (Lipinski definition) is 1. The first kappa shape index (κ1) is 14.6. The highest BCUT2D eigenvalue weighted by Crippen LogP contribution is 2.30. The van der Waals surface area contributed by atoms with E-state index in [2.05, 4.69) is 10.3 Å². The van der Waals surface area contributed by atoms with Crippen LogP contribution >= 0.6 is 11.8 Å². The molecule has 0 spiro atoms. The predicted octanol–water partition coefficient (Wildman–Crippen LogP) is -0.626. The van der Waals surface area contributed by atoms with Crippen LogP contribution in [0.2, 0.25) is 0 Å². The van der Waals surface area contributed by atoms with Crippen LogP contribution < -0.4 is 15.3 Å². The molecule has 0 bridgehead atoms. The van der Waals surface area contributed by atoms with Gasteiger partial charge in [-0.15, -0.1) is 0 Å². The zero-order valence-corrected chi connectivity index (χ0v) is 12.3. The number of thioether (sulfide) groups is 1. The number of carbonyl (C=O) groups excluding carboxylic acids is 3. The van der Waals surface area contributed by atoms with Gasteiger partial charge in [0.15, 0.2) is 5.17 Å². The van der Waals surface area contributed by atoms with Crippen molar-refractivity contribution in [2.75, 3.05) is 18.0 Å². The number of nitrogens with one attached hydrogen (secondary N) is 1. The summed E-state index contributed by atoms with van der Waals surface area (Å²) in [6, 6.07) is 5.49. The molecule has 0 radical (unpaired) electrons. The second kappa shape index (κ2) is 5.80. The Labute approximate surface area is 130 Å². The predicted molar refractivity (Wildman–Crippen MR) is 79.6 cm³/mol. The van der Waals surface area contributed by atoms with Crippen LogP contribution in [0.4, 0.5) is 5.69 Å². The number of carboxylic acid groups (broad SMARTS) is 1. The summed E-state index contributed by atoms with van der Waals surface area (Å²) in [6.07, 6.45) is 0.104. The van der Waals surface area contributed by atoms with E-state index in [4.69, 9.17) is 0 Å². The largest absolute Gasteiger partial charge is 0.545 e. The highest BCUT2D eigenvalue weighted by atomic mass is 32.2. The number of aliphatic imine (C=N–C) groups is 1. The number of anilines is 1. The molecule has 3 rings (SSSR count). The molecule has 2 aliphatic rings. The standard InChI is InChI=1S/C14H13N3O4S/c18-11-7-10(22-14-15-5-6-16-14)12(19)17(11)9-3-1-8(2-4-9)13(20)21/h1-4,10H,5-7H2,(H,15,16)(H,20,21)/p-1. The van der Waals surface area contributed by atoms with Gasteiger partial charge in [-0.2, -0.15) is 0 Å². The fourth-order valence-corrected chi connectivity index (χ4v) is 3.36. The van der Waals surface area contributed by atoms with Crippen molar-refractivity contribution in [1.29, 1.82) is 0 Å². The van der Waals surface area contributed by atoms with Crippen LogP contribution in [0.5, 0.6) is 0 Å². The molecular weight excluding hydrogens is 306 g/mol. The molecule has 22 heavy (non-hydrogen) atoms. The van der Waals surface area contributed by atoms with Crippen LogP contribution in [0.1, 0.15) is 16.8 Å². The van der Waals surface area contributed by atoms with Crippen molar-refractivity contribution >= 4 is 40.4 Å². The molecule has 1 aromatic carbocycles. The minimum Gasteiger partial charge on any atom is -0.545 e. The van der Waals surface area contributed by atoms with Gasteiger partial charge >= 0.3 is 0 Å². The Morgan fingerprint density at radius 1 is 1.32 bits per heavy atom. The van der Waals surface area contributed by atoms with Crippen LogP contribution in [-0.4, -0.2) is 41.3 Å². The smallest absolute Gasteiger partial charge is 0.247 e. The molecule has 2 aliphatic heterocycles. The monoisotopic (exact) mass is 318 g/mol. The topological polar surface area (TPSA) is 102 Å². The molecule has 2 heterocycles. The number of nitrogens with zero attached hydrogens (tertiary/aromatic N) is 2. The van der Waals surface area contributed by atoms with Gasteiger partial charge < -0.3 is 15.2 Å². The number of imide groups is 1. The second-order valence-corrected chi connectivity index (χ2v) is 6.02. The fraction of sp³-hybridized carbons (Fsp3) is 0.286. The minimum absolute atomic E-state index is 0.00159. The van der Waals surface area contributed by atoms with Gasteiger partial charge in [0.05, 0.1) is 18.2 Å². The SMILES string of the molecule is O=C([O-])c1ccc(N2C(=O)CC(SC3=NCCN3)C2=O)cc1. The normalized spacial score (nSPS) is 21.0. The van der Waals surface area contributed by atoms with Gasteiger partial charge in [0.1, 0.15) is 5.25 Å². The molecule has 7 nitrogen and oxygen atoms in total. The molecular formula is C14H12N3O4S-. The lowest BCUT2D eigenvalue weighted by Gasteiger charge is -2.15. The Hall–Kier alpha value is -2.35. The van der Waals surface area contributed by atoms with Gasteiger partial charge in [0.25, 0.3) is 0 Å². The summed E-state index contributed by atoms with van der Waals surface area (Å²) in [6.45, 7) is 1.41. The number of hydrogen-bond acceptors (Lipinski definition) is 7. The van der Waals surface area contributed by atoms with Crippen LogP contribution in [0, 0.1) is 0 Å². The lowest BCUT2D eigenvalue weighted by Crippen LogP contribution is -2.32. The quantitative estimate of drug-likeness (QED) is 0.745. The average molecular weight is 318 g/mol. The number of carbonyl (C=O) groups is 3. The summed E-state index contributed by atoms with van der Waals surface area (Å²) in [5.74, 6) is -1.92. The summed E-state index contributed by atoms with van der Waals surface area (Å²) in [5, 5.41) is 14.0. The van der Waals surface area contributed by atoms with Crippen molar-refractivity contribution in [3.8, 4) is 0 Å². The number of rotatable bonds is 3. The van der Waals surface area contributed by atoms with Crippen molar-refractivity contribution in [2.45, 2.75) is 11.7 Å². The van der Waals surface area contributed by atoms with Crippen molar-refractivity contribution < 1.29 is 19.5 Å². The third-order valence-corrected chi connectivity index (χ3v) is 4.51. The Morgan fingerprint density at radius 2 is 2.05 bits per heavy atom. The van der Waals surface area contributed by atoms with E-state index in [1.807, 2.05) is 0 Å². The Bertz CT molecular complexity index is 671. The highest BCUT2D eigenvalue weighted by Gasteiger charge is 2.40. The molecule has 1 atom stereocenters. The molecule has 1 aromatic rings. The number of aromatic carboxylic acids is 1. The maximum atomic E-state index is 12.4. The van der Waals surface area contributed by atoms with E-state index in [0.29, 0.717) is 17.4 Å². The van der Waals surface area contributed by atoms with Gasteiger partial charge in [-0.25, -0.2) is 4.90 Å². The van der Waals surface area contributed by atoms with E-state index in [9.17, 15) is 19.5 Å². The Balaban J connectivity index is 1.77. The fourth-order valence-electron chi connectivity index (χ4n) is 2.30. The molecule has 2 amide bonds. The molecule has 0 saturated carbocycles. The van der Waals surface area contributed by atoms with Crippen LogP contribution in [0.25, 0.3) is 0 Å². The first-order valence-corrected chi connectivity index (χ1v) is 7.57. The van der Waals surface area contributed by atoms with Crippen molar-refractivity contribution in [2.24, 2.45) is 4.99 Å². The highest BCUT2D eigenvalue weighted by molar-refractivity contribution is 8.15. The summed E-state index contributed by atoms with van der Waals surface area (Å²) < 4.78 is 0. The minimum atomic E-state index is -1.30. The number of carboxylic acids is 1. The van der Waals surface area contributed by atoms with Gasteiger partial charge in [-0.05, 0) is 17.7 Å². The van der Waals surface area contributed by atoms with Crippen LogP contribution in [0.15, 0.2) is 29.3 Å². The average Bonchev–Trinajstić information content (AvgIpc) is 3.09. The molecule has 114 valence electrons. The summed E-state index contributed by atoms with van der Waals surface area (Å²) in [4.78, 5) is 40.5. The molecule has 1 saturated heterocycles.